The first-order chi connectivity index (χ1) is 6.51. The Morgan fingerprint density at radius 1 is 1.43 bits per heavy atom. The molecule has 74 valence electrons. The molecule has 0 amide bonds. The van der Waals surface area contributed by atoms with Gasteiger partial charge in [-0.05, 0) is 37.8 Å². The van der Waals surface area contributed by atoms with E-state index in [1.54, 1.807) is 13.8 Å². The number of hydrogen-bond donors (Lipinski definition) is 1. The Kier molecular flexibility index (Phi) is 3.27. The fraction of sp³-hybridized carbons (Fsp3) is 0.417. The van der Waals surface area contributed by atoms with Crippen molar-refractivity contribution in [1.82, 2.24) is 4.98 Å². The van der Waals surface area contributed by atoms with E-state index >= 15 is 0 Å². The Morgan fingerprint density at radius 2 is 2.14 bits per heavy atom. The zero-order valence-electron chi connectivity index (χ0n) is 8.83. The second-order valence-corrected chi connectivity index (χ2v) is 3.71. The molecule has 0 atom stereocenters. The Morgan fingerprint density at radius 3 is 2.57 bits per heavy atom. The van der Waals surface area contributed by atoms with Crippen LogP contribution in [0.5, 0.6) is 0 Å². The number of aromatic nitrogens is 1. The van der Waals surface area contributed by atoms with Crippen LogP contribution in [-0.4, -0.2) is 15.7 Å². The molecule has 1 rings (SSSR count). The van der Waals surface area contributed by atoms with Gasteiger partial charge in [0.15, 0.2) is 0 Å². The zero-order valence-corrected chi connectivity index (χ0v) is 8.83. The molecule has 1 N–H and O–H groups in total. The van der Waals surface area contributed by atoms with Gasteiger partial charge in [-0.2, -0.15) is 0 Å². The molecule has 0 unspecified atom stereocenters. The highest BCUT2D eigenvalue weighted by Crippen LogP contribution is 2.01. The van der Waals surface area contributed by atoms with Gasteiger partial charge < -0.3 is 5.11 Å². The summed E-state index contributed by atoms with van der Waals surface area (Å²) in [6, 6.07) is 3.87. The average Bonchev–Trinajstić information content (AvgIpc) is 2.14. The van der Waals surface area contributed by atoms with E-state index in [1.807, 2.05) is 18.3 Å². The van der Waals surface area contributed by atoms with Gasteiger partial charge in [0.25, 0.3) is 0 Å². The van der Waals surface area contributed by atoms with E-state index in [0.717, 1.165) is 6.42 Å². The van der Waals surface area contributed by atoms with Crippen LogP contribution in [0.25, 0.3) is 0 Å². The lowest BCUT2D eigenvalue weighted by Gasteiger charge is -2.05. The molecule has 0 aromatic carbocycles. The molecule has 2 heteroatoms. The first-order valence-corrected chi connectivity index (χ1v) is 4.72. The maximum Gasteiger partial charge on any atom is 0.120 e. The number of aryl methyl sites for hydroxylation is 1. The van der Waals surface area contributed by atoms with E-state index in [0.29, 0.717) is 5.69 Å². The zero-order chi connectivity index (χ0) is 10.6. The highest BCUT2D eigenvalue weighted by Gasteiger charge is 2.05. The fourth-order valence-electron chi connectivity index (χ4n) is 0.925. The highest BCUT2D eigenvalue weighted by atomic mass is 16.3. The molecule has 2 nitrogen and oxygen atoms in total. The van der Waals surface area contributed by atoms with E-state index < -0.39 is 5.60 Å². The molecule has 0 saturated heterocycles. The van der Waals surface area contributed by atoms with Gasteiger partial charge in [-0.15, -0.1) is 0 Å². The van der Waals surface area contributed by atoms with E-state index in [4.69, 9.17) is 0 Å². The van der Waals surface area contributed by atoms with Crippen molar-refractivity contribution in [2.75, 3.05) is 0 Å². The molecule has 0 aliphatic rings. The Balaban J connectivity index is 2.82. The summed E-state index contributed by atoms with van der Waals surface area (Å²) in [6.45, 7) is 5.39. The maximum atomic E-state index is 9.38. The molecule has 1 aromatic heterocycles. The molecule has 0 aliphatic carbocycles. The Labute approximate surface area is 85.0 Å². The van der Waals surface area contributed by atoms with Gasteiger partial charge >= 0.3 is 0 Å². The van der Waals surface area contributed by atoms with Crippen LogP contribution in [0, 0.1) is 11.8 Å². The number of pyridine rings is 1. The summed E-state index contributed by atoms with van der Waals surface area (Å²) in [5, 5.41) is 9.38. The minimum atomic E-state index is -0.953. The van der Waals surface area contributed by atoms with Crippen LogP contribution in [0.1, 0.15) is 32.0 Å². The number of aliphatic hydroxyl groups is 1. The lowest BCUT2D eigenvalue weighted by Crippen LogP contribution is -2.14. The monoisotopic (exact) mass is 189 g/mol. The van der Waals surface area contributed by atoms with Crippen molar-refractivity contribution in [1.29, 1.82) is 0 Å². The Hall–Kier alpha value is -1.33. The molecule has 0 saturated carbocycles. The average molecular weight is 189 g/mol. The van der Waals surface area contributed by atoms with Crippen molar-refractivity contribution in [3.63, 3.8) is 0 Å². The van der Waals surface area contributed by atoms with Crippen LogP contribution in [0.2, 0.25) is 0 Å². The van der Waals surface area contributed by atoms with Crippen LogP contribution in [-0.2, 0) is 6.42 Å². The molecule has 14 heavy (non-hydrogen) atoms. The predicted molar refractivity (Wildman–Crippen MR) is 56.8 cm³/mol. The summed E-state index contributed by atoms with van der Waals surface area (Å²) < 4.78 is 0. The highest BCUT2D eigenvalue weighted by molar-refractivity contribution is 5.31. The van der Waals surface area contributed by atoms with E-state index in [-0.39, 0.29) is 0 Å². The van der Waals surface area contributed by atoms with Gasteiger partial charge in [0.2, 0.25) is 0 Å². The topological polar surface area (TPSA) is 33.1 Å². The van der Waals surface area contributed by atoms with Gasteiger partial charge in [0, 0.05) is 6.20 Å². The lowest BCUT2D eigenvalue weighted by molar-refractivity contribution is 0.143. The molecule has 0 radical (unpaired) electrons. The molecule has 0 bridgehead atoms. The number of rotatable bonds is 1. The van der Waals surface area contributed by atoms with E-state index in [9.17, 15) is 5.11 Å². The second kappa shape index (κ2) is 4.26. The summed E-state index contributed by atoms with van der Waals surface area (Å²) in [6.07, 6.45) is 2.79. The first-order valence-electron chi connectivity index (χ1n) is 4.72. The van der Waals surface area contributed by atoms with Crippen LogP contribution in [0.4, 0.5) is 0 Å². The molecule has 0 aliphatic heterocycles. The molecular weight excluding hydrogens is 174 g/mol. The van der Waals surface area contributed by atoms with Crippen LogP contribution in [0.3, 0.4) is 0 Å². The van der Waals surface area contributed by atoms with Crippen LogP contribution >= 0.6 is 0 Å². The van der Waals surface area contributed by atoms with E-state index in [1.165, 1.54) is 5.56 Å². The third-order valence-electron chi connectivity index (χ3n) is 1.73. The van der Waals surface area contributed by atoms with Gasteiger partial charge in [-0.25, -0.2) is 4.98 Å². The summed E-state index contributed by atoms with van der Waals surface area (Å²) >= 11 is 0. The van der Waals surface area contributed by atoms with Gasteiger partial charge in [-0.3, -0.25) is 0 Å². The minimum Gasteiger partial charge on any atom is -0.378 e. The smallest absolute Gasteiger partial charge is 0.120 e. The molecule has 0 fully saturated rings. The summed E-state index contributed by atoms with van der Waals surface area (Å²) in [7, 11) is 0. The lowest BCUT2D eigenvalue weighted by atomic mass is 10.1. The Bertz CT molecular complexity index is 349. The van der Waals surface area contributed by atoms with Crippen molar-refractivity contribution >= 4 is 0 Å². The van der Waals surface area contributed by atoms with Gasteiger partial charge in [0.1, 0.15) is 11.3 Å². The SMILES string of the molecule is CCc1ccc(C#CC(C)(C)O)nc1. The maximum absolute atomic E-state index is 9.38. The van der Waals surface area contributed by atoms with Gasteiger partial charge in [0.05, 0.1) is 0 Å². The quantitative estimate of drug-likeness (QED) is 0.683. The van der Waals surface area contributed by atoms with E-state index in [2.05, 4.69) is 23.7 Å². The summed E-state index contributed by atoms with van der Waals surface area (Å²) in [5.74, 6) is 5.54. The van der Waals surface area contributed by atoms with Gasteiger partial charge in [-0.1, -0.05) is 18.9 Å². The number of nitrogens with zero attached hydrogens (tertiary/aromatic N) is 1. The summed E-state index contributed by atoms with van der Waals surface area (Å²) in [4.78, 5) is 4.17. The first kappa shape index (κ1) is 10.7. The van der Waals surface area contributed by atoms with Crippen molar-refractivity contribution in [2.45, 2.75) is 32.8 Å². The fourth-order valence-corrected chi connectivity index (χ4v) is 0.925. The van der Waals surface area contributed by atoms with Crippen molar-refractivity contribution < 1.29 is 5.11 Å². The molecule has 1 aromatic rings. The van der Waals surface area contributed by atoms with Crippen molar-refractivity contribution in [3.05, 3.63) is 29.6 Å². The largest absolute Gasteiger partial charge is 0.378 e. The van der Waals surface area contributed by atoms with Crippen molar-refractivity contribution in [3.8, 4) is 11.8 Å². The summed E-state index contributed by atoms with van der Waals surface area (Å²) in [5.41, 5.74) is 0.939. The normalized spacial score (nSPS) is 10.6. The van der Waals surface area contributed by atoms with Crippen molar-refractivity contribution in [2.24, 2.45) is 0 Å². The number of hydrogen-bond acceptors (Lipinski definition) is 2. The third-order valence-corrected chi connectivity index (χ3v) is 1.73. The second-order valence-electron chi connectivity index (χ2n) is 3.71. The minimum absolute atomic E-state index is 0.698. The third kappa shape index (κ3) is 3.59. The molecular formula is C12H15NO. The molecule has 1 heterocycles. The van der Waals surface area contributed by atoms with Crippen LogP contribution in [0.15, 0.2) is 18.3 Å². The van der Waals surface area contributed by atoms with Crippen LogP contribution < -0.4 is 0 Å². The standard InChI is InChI=1S/C12H15NO/c1-4-10-5-6-11(13-9-10)7-8-12(2,3)14/h5-6,9,14H,4H2,1-3H3. The molecule has 0 spiro atoms. The predicted octanol–water partition coefficient (Wildman–Crippen LogP) is 1.77.